The van der Waals surface area contributed by atoms with Crippen molar-refractivity contribution in [1.82, 2.24) is 5.16 Å². The van der Waals surface area contributed by atoms with Crippen LogP contribution in [0.5, 0.6) is 0 Å². The first-order chi connectivity index (χ1) is 7.22. The van der Waals surface area contributed by atoms with Crippen molar-refractivity contribution in [3.8, 4) is 10.6 Å². The van der Waals surface area contributed by atoms with E-state index in [0.29, 0.717) is 6.54 Å². The molecular formula is C10H11ClN2OS. The Bertz CT molecular complexity index is 464. The van der Waals surface area contributed by atoms with Crippen LogP contribution in [0.3, 0.4) is 0 Å². The fourth-order valence-corrected chi connectivity index (χ4v) is 2.51. The Morgan fingerprint density at radius 2 is 2.33 bits per heavy atom. The fraction of sp³-hybridized carbons (Fsp3) is 0.300. The van der Waals surface area contributed by atoms with Crippen molar-refractivity contribution in [2.45, 2.75) is 13.3 Å². The maximum Gasteiger partial charge on any atom is 0.180 e. The van der Waals surface area contributed by atoms with Gasteiger partial charge in [0.05, 0.1) is 14.9 Å². The van der Waals surface area contributed by atoms with Gasteiger partial charge in [0.1, 0.15) is 0 Å². The molecule has 2 rings (SSSR count). The first-order valence-corrected chi connectivity index (χ1v) is 5.82. The molecule has 3 nitrogen and oxygen atoms in total. The first kappa shape index (κ1) is 10.7. The summed E-state index contributed by atoms with van der Waals surface area (Å²) in [6, 6.07) is 3.79. The highest BCUT2D eigenvalue weighted by Gasteiger charge is 2.15. The number of aromatic nitrogens is 1. The van der Waals surface area contributed by atoms with Gasteiger partial charge in [0, 0.05) is 5.56 Å². The highest BCUT2D eigenvalue weighted by Crippen LogP contribution is 2.34. The quantitative estimate of drug-likeness (QED) is 0.901. The van der Waals surface area contributed by atoms with Crippen molar-refractivity contribution in [2.24, 2.45) is 5.73 Å². The second-order valence-electron chi connectivity index (χ2n) is 3.22. The minimum Gasteiger partial charge on any atom is -0.355 e. The van der Waals surface area contributed by atoms with E-state index in [4.69, 9.17) is 21.9 Å². The molecule has 0 saturated heterocycles. The lowest BCUT2D eigenvalue weighted by atomic mass is 10.1. The summed E-state index contributed by atoms with van der Waals surface area (Å²) < 4.78 is 6.04. The molecule has 2 heterocycles. The largest absolute Gasteiger partial charge is 0.355 e. The molecular weight excluding hydrogens is 232 g/mol. The van der Waals surface area contributed by atoms with Gasteiger partial charge in [0.15, 0.2) is 5.76 Å². The van der Waals surface area contributed by atoms with E-state index >= 15 is 0 Å². The summed E-state index contributed by atoms with van der Waals surface area (Å²) in [6.45, 7) is 2.52. The number of nitrogens with zero attached hydrogens (tertiary/aromatic N) is 1. The number of rotatable bonds is 3. The van der Waals surface area contributed by atoms with E-state index in [9.17, 15) is 0 Å². The molecule has 0 radical (unpaired) electrons. The number of halogens is 1. The van der Waals surface area contributed by atoms with Crippen molar-refractivity contribution >= 4 is 22.9 Å². The number of thiophene rings is 1. The van der Waals surface area contributed by atoms with Crippen LogP contribution in [-0.4, -0.2) is 11.7 Å². The Kier molecular flexibility index (Phi) is 3.09. The van der Waals surface area contributed by atoms with Crippen LogP contribution in [0.25, 0.3) is 10.6 Å². The molecule has 2 aromatic rings. The molecule has 0 bridgehead atoms. The van der Waals surface area contributed by atoms with Gasteiger partial charge in [-0.25, -0.2) is 0 Å². The van der Waals surface area contributed by atoms with Crippen LogP contribution in [0.4, 0.5) is 0 Å². The zero-order chi connectivity index (χ0) is 10.8. The molecule has 15 heavy (non-hydrogen) atoms. The molecule has 0 fully saturated rings. The van der Waals surface area contributed by atoms with E-state index < -0.39 is 0 Å². The van der Waals surface area contributed by atoms with Gasteiger partial charge >= 0.3 is 0 Å². The third-order valence-electron chi connectivity index (χ3n) is 2.18. The molecule has 0 spiro atoms. The average Bonchev–Trinajstić information content (AvgIpc) is 2.76. The fourth-order valence-electron chi connectivity index (χ4n) is 1.46. The molecule has 0 amide bonds. The molecule has 0 saturated carbocycles. The van der Waals surface area contributed by atoms with Crippen molar-refractivity contribution < 1.29 is 4.52 Å². The van der Waals surface area contributed by atoms with Gasteiger partial charge < -0.3 is 10.3 Å². The summed E-state index contributed by atoms with van der Waals surface area (Å²) in [5.74, 6) is 0.801. The monoisotopic (exact) mass is 242 g/mol. The second-order valence-corrected chi connectivity index (χ2v) is 4.93. The standard InChI is InChI=1S/C10H11ClN2OS/c1-6-7(4-5-12)10(14-13-6)8-2-3-9(11)15-8/h2-3H,4-5,12H2,1H3. The van der Waals surface area contributed by atoms with Gasteiger partial charge in [-0.1, -0.05) is 16.8 Å². The first-order valence-electron chi connectivity index (χ1n) is 4.63. The highest BCUT2D eigenvalue weighted by molar-refractivity contribution is 7.19. The number of hydrogen-bond acceptors (Lipinski definition) is 4. The minimum atomic E-state index is 0.591. The Morgan fingerprint density at radius 1 is 1.53 bits per heavy atom. The van der Waals surface area contributed by atoms with Crippen LogP contribution in [0, 0.1) is 6.92 Å². The summed E-state index contributed by atoms with van der Waals surface area (Å²) in [4.78, 5) is 1.00. The number of aryl methyl sites for hydroxylation is 1. The third-order valence-corrected chi connectivity index (χ3v) is 3.41. The lowest BCUT2D eigenvalue weighted by molar-refractivity contribution is 0.427. The summed E-state index contributed by atoms with van der Waals surface area (Å²) in [5.41, 5.74) is 7.53. The molecule has 2 N–H and O–H groups in total. The predicted octanol–water partition coefficient (Wildman–Crippen LogP) is 2.87. The molecule has 0 unspecified atom stereocenters. The van der Waals surface area contributed by atoms with Crippen molar-refractivity contribution in [3.63, 3.8) is 0 Å². The van der Waals surface area contributed by atoms with Gasteiger partial charge in [-0.15, -0.1) is 11.3 Å². The van der Waals surface area contributed by atoms with Crippen molar-refractivity contribution in [3.05, 3.63) is 27.7 Å². The molecule has 0 aliphatic rings. The zero-order valence-electron chi connectivity index (χ0n) is 8.29. The minimum absolute atomic E-state index is 0.591. The highest BCUT2D eigenvalue weighted by atomic mass is 35.5. The van der Waals surface area contributed by atoms with E-state index in [-0.39, 0.29) is 0 Å². The summed E-state index contributed by atoms with van der Waals surface area (Å²) in [6.07, 6.45) is 0.778. The topological polar surface area (TPSA) is 52.0 Å². The molecule has 5 heteroatoms. The summed E-state index contributed by atoms with van der Waals surface area (Å²) in [5, 5.41) is 3.95. The maximum absolute atomic E-state index is 5.88. The Morgan fingerprint density at radius 3 is 2.93 bits per heavy atom. The molecule has 80 valence electrons. The average molecular weight is 243 g/mol. The number of hydrogen-bond donors (Lipinski definition) is 1. The van der Waals surface area contributed by atoms with Gasteiger partial charge in [-0.3, -0.25) is 0 Å². The van der Waals surface area contributed by atoms with Crippen LogP contribution >= 0.6 is 22.9 Å². The zero-order valence-corrected chi connectivity index (χ0v) is 9.86. The van der Waals surface area contributed by atoms with E-state index in [1.54, 1.807) is 0 Å². The van der Waals surface area contributed by atoms with Crippen molar-refractivity contribution in [2.75, 3.05) is 6.54 Å². The third kappa shape index (κ3) is 2.07. The summed E-state index contributed by atoms with van der Waals surface area (Å²) >= 11 is 7.36. The van der Waals surface area contributed by atoms with Gasteiger partial charge in [0.25, 0.3) is 0 Å². The van der Waals surface area contributed by atoms with Crippen molar-refractivity contribution in [1.29, 1.82) is 0 Å². The lowest BCUT2D eigenvalue weighted by Gasteiger charge is -1.97. The molecule has 0 atom stereocenters. The van der Waals surface area contributed by atoms with E-state index in [1.807, 2.05) is 19.1 Å². The maximum atomic E-state index is 5.88. The van der Waals surface area contributed by atoms with Gasteiger partial charge in [0.2, 0.25) is 0 Å². The van der Waals surface area contributed by atoms with Gasteiger partial charge in [-0.05, 0) is 32.0 Å². The van der Waals surface area contributed by atoms with Crippen LogP contribution < -0.4 is 5.73 Å². The normalized spacial score (nSPS) is 10.9. The van der Waals surface area contributed by atoms with Gasteiger partial charge in [-0.2, -0.15) is 0 Å². The van der Waals surface area contributed by atoms with E-state index in [2.05, 4.69) is 5.16 Å². The predicted molar refractivity (Wildman–Crippen MR) is 62.3 cm³/mol. The second kappa shape index (κ2) is 4.35. The lowest BCUT2D eigenvalue weighted by Crippen LogP contribution is -2.03. The van der Waals surface area contributed by atoms with Crippen LogP contribution in [0.2, 0.25) is 4.34 Å². The smallest absolute Gasteiger partial charge is 0.180 e. The summed E-state index contributed by atoms with van der Waals surface area (Å²) in [7, 11) is 0. The molecule has 0 aliphatic heterocycles. The molecule has 2 aromatic heterocycles. The Hall–Kier alpha value is -0.840. The SMILES string of the molecule is Cc1noc(-c2ccc(Cl)s2)c1CCN. The van der Waals surface area contributed by atoms with Crippen LogP contribution in [-0.2, 0) is 6.42 Å². The van der Waals surface area contributed by atoms with Crippen LogP contribution in [0.1, 0.15) is 11.3 Å². The van der Waals surface area contributed by atoms with Crippen LogP contribution in [0.15, 0.2) is 16.7 Å². The molecule has 0 aliphatic carbocycles. The number of nitrogens with two attached hydrogens (primary N) is 1. The van der Waals surface area contributed by atoms with E-state index in [0.717, 1.165) is 32.7 Å². The Labute approximate surface area is 96.8 Å². The van der Waals surface area contributed by atoms with E-state index in [1.165, 1.54) is 11.3 Å². The molecule has 0 aromatic carbocycles. The Balaban J connectivity index is 2.43.